The van der Waals surface area contributed by atoms with Gasteiger partial charge in [-0.2, -0.15) is 15.1 Å². The smallest absolute Gasteiger partial charge is 0.226 e. The van der Waals surface area contributed by atoms with E-state index in [0.29, 0.717) is 18.1 Å². The van der Waals surface area contributed by atoms with Crippen molar-refractivity contribution in [3.63, 3.8) is 0 Å². The molecule has 4 aromatic rings. The number of methoxy groups -OCH3 is 1. The first-order valence-electron chi connectivity index (χ1n) is 10.2. The van der Waals surface area contributed by atoms with Crippen molar-refractivity contribution >= 4 is 22.8 Å². The summed E-state index contributed by atoms with van der Waals surface area (Å²) in [5, 5.41) is 12.0. The fourth-order valence-corrected chi connectivity index (χ4v) is 3.98. The highest BCUT2D eigenvalue weighted by Crippen LogP contribution is 2.32. The Morgan fingerprint density at radius 1 is 1.07 bits per heavy atom. The van der Waals surface area contributed by atoms with Crippen LogP contribution in [0.1, 0.15) is 16.8 Å². The number of hydrogen-bond acceptors (Lipinski definition) is 6. The molecule has 0 spiro atoms. The summed E-state index contributed by atoms with van der Waals surface area (Å²) in [5.41, 5.74) is 4.25. The molecule has 5 rings (SSSR count). The van der Waals surface area contributed by atoms with Crippen LogP contribution in [-0.4, -0.2) is 40.4 Å². The highest BCUT2D eigenvalue weighted by atomic mass is 16.5. The average molecular weight is 400 g/mol. The number of anilines is 2. The zero-order valence-corrected chi connectivity index (χ0v) is 16.9. The van der Waals surface area contributed by atoms with Crippen LogP contribution in [-0.2, 0) is 19.4 Å². The maximum Gasteiger partial charge on any atom is 0.226 e. The Morgan fingerprint density at radius 2 is 1.90 bits per heavy atom. The summed E-state index contributed by atoms with van der Waals surface area (Å²) >= 11 is 0. The predicted octanol–water partition coefficient (Wildman–Crippen LogP) is 3.58. The molecule has 0 amide bonds. The molecule has 0 bridgehead atoms. The molecule has 0 fully saturated rings. The van der Waals surface area contributed by atoms with E-state index in [1.165, 1.54) is 5.56 Å². The van der Waals surface area contributed by atoms with E-state index >= 15 is 0 Å². The van der Waals surface area contributed by atoms with Crippen LogP contribution in [0.2, 0.25) is 0 Å². The molecule has 2 N–H and O–H groups in total. The van der Waals surface area contributed by atoms with Gasteiger partial charge in [-0.3, -0.25) is 5.10 Å². The third-order valence-electron chi connectivity index (χ3n) is 5.49. The molecular formula is C23H24N6O. The Labute approximate surface area is 175 Å². The topological polar surface area (TPSA) is 79.0 Å². The van der Waals surface area contributed by atoms with Gasteiger partial charge in [-0.25, -0.2) is 0 Å². The van der Waals surface area contributed by atoms with Crippen molar-refractivity contribution in [3.8, 4) is 5.75 Å². The number of ether oxygens (including phenoxy) is 1. The minimum Gasteiger partial charge on any atom is -0.496 e. The molecule has 2 aromatic heterocycles. The first-order chi connectivity index (χ1) is 14.8. The van der Waals surface area contributed by atoms with Crippen LogP contribution in [0, 0.1) is 0 Å². The van der Waals surface area contributed by atoms with E-state index in [1.807, 2.05) is 24.3 Å². The molecule has 2 aromatic carbocycles. The lowest BCUT2D eigenvalue weighted by molar-refractivity contribution is 0.410. The van der Waals surface area contributed by atoms with Crippen LogP contribution >= 0.6 is 0 Å². The Morgan fingerprint density at radius 3 is 2.77 bits per heavy atom. The molecule has 30 heavy (non-hydrogen) atoms. The summed E-state index contributed by atoms with van der Waals surface area (Å²) in [6.07, 6.45) is 1.74. The fourth-order valence-electron chi connectivity index (χ4n) is 3.98. The highest BCUT2D eigenvalue weighted by Gasteiger charge is 2.24. The number of aromatic nitrogens is 4. The lowest BCUT2D eigenvalue weighted by Crippen LogP contribution is -2.29. The first-order valence-corrected chi connectivity index (χ1v) is 10.2. The summed E-state index contributed by atoms with van der Waals surface area (Å²) in [4.78, 5) is 11.8. The summed E-state index contributed by atoms with van der Waals surface area (Å²) < 4.78 is 5.44. The molecule has 0 aliphatic carbocycles. The van der Waals surface area contributed by atoms with Crippen LogP contribution < -0.4 is 15.0 Å². The third kappa shape index (κ3) is 3.54. The zero-order valence-electron chi connectivity index (χ0n) is 16.9. The monoisotopic (exact) mass is 400 g/mol. The van der Waals surface area contributed by atoms with Crippen LogP contribution in [0.25, 0.3) is 11.0 Å². The fraction of sp³-hybridized carbons (Fsp3) is 0.261. The first kappa shape index (κ1) is 18.4. The van der Waals surface area contributed by atoms with Crippen molar-refractivity contribution in [2.75, 3.05) is 30.4 Å². The van der Waals surface area contributed by atoms with E-state index in [4.69, 9.17) is 9.72 Å². The zero-order chi connectivity index (χ0) is 20.3. The number of para-hydroxylation sites is 1. The largest absolute Gasteiger partial charge is 0.496 e. The molecule has 0 saturated heterocycles. The van der Waals surface area contributed by atoms with Crippen molar-refractivity contribution in [2.24, 2.45) is 0 Å². The maximum atomic E-state index is 5.44. The van der Waals surface area contributed by atoms with Crippen molar-refractivity contribution in [1.82, 2.24) is 20.2 Å². The second-order valence-electron chi connectivity index (χ2n) is 7.42. The Bertz CT molecular complexity index is 1160. The molecule has 1 aliphatic rings. The van der Waals surface area contributed by atoms with Crippen LogP contribution in [0.5, 0.6) is 5.75 Å². The second-order valence-corrected chi connectivity index (χ2v) is 7.42. The van der Waals surface area contributed by atoms with Gasteiger partial charge in [0.2, 0.25) is 5.95 Å². The average Bonchev–Trinajstić information content (AvgIpc) is 3.20. The molecule has 7 heteroatoms. The maximum absolute atomic E-state index is 5.44. The minimum atomic E-state index is 0.602. The Balaban J connectivity index is 1.38. The van der Waals surface area contributed by atoms with Crippen molar-refractivity contribution in [2.45, 2.75) is 19.4 Å². The van der Waals surface area contributed by atoms with Gasteiger partial charge in [-0.1, -0.05) is 48.5 Å². The number of nitrogens with zero attached hydrogens (tertiary/aromatic N) is 4. The van der Waals surface area contributed by atoms with Crippen molar-refractivity contribution in [3.05, 3.63) is 71.4 Å². The molecule has 0 atom stereocenters. The summed E-state index contributed by atoms with van der Waals surface area (Å²) in [5.74, 6) is 2.45. The third-order valence-corrected chi connectivity index (χ3v) is 5.49. The lowest BCUT2D eigenvalue weighted by atomic mass is 10.1. The molecule has 0 unspecified atom stereocenters. The van der Waals surface area contributed by atoms with Gasteiger partial charge in [0.1, 0.15) is 11.6 Å². The summed E-state index contributed by atoms with van der Waals surface area (Å²) in [6, 6.07) is 18.5. The molecule has 0 radical (unpaired) electrons. The number of rotatable bonds is 7. The van der Waals surface area contributed by atoms with Gasteiger partial charge in [0, 0.05) is 26.1 Å². The summed E-state index contributed by atoms with van der Waals surface area (Å²) in [7, 11) is 1.70. The Hall–Kier alpha value is -3.61. The van der Waals surface area contributed by atoms with E-state index in [9.17, 15) is 0 Å². The van der Waals surface area contributed by atoms with Crippen molar-refractivity contribution in [1.29, 1.82) is 0 Å². The Kier molecular flexibility index (Phi) is 4.93. The van der Waals surface area contributed by atoms with Gasteiger partial charge in [-0.15, -0.1) is 0 Å². The quantitative estimate of drug-likeness (QED) is 0.494. The van der Waals surface area contributed by atoms with E-state index in [1.54, 1.807) is 7.11 Å². The van der Waals surface area contributed by atoms with Gasteiger partial charge < -0.3 is 15.0 Å². The highest BCUT2D eigenvalue weighted by molar-refractivity contribution is 5.91. The number of benzene rings is 2. The van der Waals surface area contributed by atoms with E-state index in [-0.39, 0.29) is 0 Å². The SMILES string of the molecule is COc1ccccc1CCNc1nc2c3c([nH]nc3n1)CCN2Cc1ccccc1. The number of hydrogen-bond donors (Lipinski definition) is 2. The van der Waals surface area contributed by atoms with Crippen molar-refractivity contribution < 1.29 is 4.74 Å². The van der Waals surface area contributed by atoms with Gasteiger partial charge in [0.15, 0.2) is 5.65 Å². The number of H-pyrrole nitrogens is 1. The second kappa shape index (κ2) is 8.02. The van der Waals surface area contributed by atoms with E-state index in [0.717, 1.165) is 54.1 Å². The summed E-state index contributed by atoms with van der Waals surface area (Å²) in [6.45, 7) is 2.43. The van der Waals surface area contributed by atoms with Gasteiger partial charge in [0.05, 0.1) is 18.2 Å². The van der Waals surface area contributed by atoms with Gasteiger partial charge in [-0.05, 0) is 23.6 Å². The normalized spacial score (nSPS) is 12.9. The van der Waals surface area contributed by atoms with Gasteiger partial charge >= 0.3 is 0 Å². The standard InChI is InChI=1S/C23H24N6O/c1-30-19-10-6-5-9-17(19)11-13-24-23-25-21-20-18(27-28-21)12-14-29(22(20)26-23)15-16-7-3-2-4-8-16/h2-10H,11-15H2,1H3,(H2,24,25,26,27,28). The molecular weight excluding hydrogens is 376 g/mol. The lowest BCUT2D eigenvalue weighted by Gasteiger charge is -2.28. The van der Waals surface area contributed by atoms with E-state index < -0.39 is 0 Å². The predicted molar refractivity (Wildman–Crippen MR) is 118 cm³/mol. The van der Waals surface area contributed by atoms with Crippen LogP contribution in [0.4, 0.5) is 11.8 Å². The van der Waals surface area contributed by atoms with Crippen LogP contribution in [0.3, 0.4) is 0 Å². The number of nitrogens with one attached hydrogen (secondary N) is 2. The molecule has 0 saturated carbocycles. The molecule has 7 nitrogen and oxygen atoms in total. The molecule has 1 aliphatic heterocycles. The molecule has 3 heterocycles. The number of aromatic amines is 1. The molecule has 152 valence electrons. The van der Waals surface area contributed by atoms with Crippen LogP contribution in [0.15, 0.2) is 54.6 Å². The van der Waals surface area contributed by atoms with E-state index in [2.05, 4.69) is 55.7 Å². The van der Waals surface area contributed by atoms with Gasteiger partial charge in [0.25, 0.3) is 0 Å². The minimum absolute atomic E-state index is 0.602.